The van der Waals surface area contributed by atoms with E-state index in [1.54, 1.807) is 18.4 Å². The van der Waals surface area contributed by atoms with E-state index in [0.29, 0.717) is 24.5 Å². The number of aromatic nitrogens is 4. The van der Waals surface area contributed by atoms with Gasteiger partial charge >= 0.3 is 0 Å². The third kappa shape index (κ3) is 6.52. The van der Waals surface area contributed by atoms with E-state index in [9.17, 15) is 0 Å². The fourth-order valence-electron chi connectivity index (χ4n) is 4.66. The summed E-state index contributed by atoms with van der Waals surface area (Å²) in [6.45, 7) is 5.53. The lowest BCUT2D eigenvalue weighted by atomic mass is 9.96. The first kappa shape index (κ1) is 24.1. The van der Waals surface area contributed by atoms with Crippen molar-refractivity contribution < 1.29 is 4.74 Å². The molecule has 0 radical (unpaired) electrons. The van der Waals surface area contributed by atoms with Crippen molar-refractivity contribution in [3.05, 3.63) is 47.2 Å². The summed E-state index contributed by atoms with van der Waals surface area (Å²) in [4.78, 5) is 23.0. The molecule has 0 unspecified atom stereocenters. The molecule has 0 bridgehead atoms. The Balaban J connectivity index is 1.38. The highest BCUT2D eigenvalue weighted by atomic mass is 32.1. The average Bonchev–Trinajstić information content (AvgIpc) is 3.28. The molecule has 3 aromatic rings. The zero-order valence-corrected chi connectivity index (χ0v) is 21.1. The number of hydrogen-bond acceptors (Lipinski definition) is 9. The maximum atomic E-state index is 5.44. The highest BCUT2D eigenvalue weighted by molar-refractivity contribution is 7.12. The van der Waals surface area contributed by atoms with E-state index in [0.717, 1.165) is 48.1 Å². The van der Waals surface area contributed by atoms with Gasteiger partial charge in [0.1, 0.15) is 6.73 Å². The third-order valence-corrected chi connectivity index (χ3v) is 7.51. The number of rotatable bonds is 8. The number of hydrogen-bond donors (Lipinski definition) is 2. The molecule has 186 valence electrons. The van der Waals surface area contributed by atoms with Crippen LogP contribution < -0.4 is 15.4 Å². The van der Waals surface area contributed by atoms with Gasteiger partial charge in [-0.3, -0.25) is 9.47 Å². The van der Waals surface area contributed by atoms with Gasteiger partial charge in [-0.05, 0) is 36.6 Å². The molecule has 1 aliphatic carbocycles. The van der Waals surface area contributed by atoms with Gasteiger partial charge < -0.3 is 15.4 Å². The predicted octanol–water partition coefficient (Wildman–Crippen LogP) is 3.39. The van der Waals surface area contributed by atoms with E-state index in [4.69, 9.17) is 14.7 Å². The van der Waals surface area contributed by atoms with Crippen LogP contribution >= 0.6 is 11.3 Å². The minimum Gasteiger partial charge on any atom is -0.364 e. The van der Waals surface area contributed by atoms with Crippen molar-refractivity contribution in [3.63, 3.8) is 0 Å². The van der Waals surface area contributed by atoms with Gasteiger partial charge in [-0.2, -0.15) is 0 Å². The normalized spacial score (nSPS) is 18.1. The third-order valence-electron chi connectivity index (χ3n) is 6.47. The summed E-state index contributed by atoms with van der Waals surface area (Å²) in [6, 6.07) is 6.57. The van der Waals surface area contributed by atoms with Crippen LogP contribution in [0.15, 0.2) is 41.8 Å². The molecule has 2 aliphatic rings. The summed E-state index contributed by atoms with van der Waals surface area (Å²) < 4.78 is 7.44. The van der Waals surface area contributed by atoms with Gasteiger partial charge in [0, 0.05) is 64.5 Å². The number of thiazole rings is 1. The SMILES string of the molecule is COCn1cc(-c2ccnc(NC3CCCCC3)n2)sc1=Nc1cc(CN2CCNCC2)ccn1. The fourth-order valence-corrected chi connectivity index (χ4v) is 5.61. The minimum atomic E-state index is 0.411. The van der Waals surface area contributed by atoms with Gasteiger partial charge in [-0.25, -0.2) is 19.9 Å². The van der Waals surface area contributed by atoms with Crippen molar-refractivity contribution in [1.29, 1.82) is 0 Å². The molecule has 1 saturated heterocycles. The molecule has 35 heavy (non-hydrogen) atoms. The monoisotopic (exact) mass is 494 g/mol. The first-order valence-electron chi connectivity index (χ1n) is 12.5. The minimum absolute atomic E-state index is 0.411. The largest absolute Gasteiger partial charge is 0.364 e. The summed E-state index contributed by atoms with van der Waals surface area (Å²) in [5, 5.41) is 6.93. The van der Waals surface area contributed by atoms with Crippen LogP contribution in [-0.2, 0) is 18.0 Å². The van der Waals surface area contributed by atoms with E-state index >= 15 is 0 Å². The number of pyridine rings is 1. The second-order valence-electron chi connectivity index (χ2n) is 9.17. The Morgan fingerprint density at radius 3 is 2.80 bits per heavy atom. The molecule has 1 aliphatic heterocycles. The molecule has 4 heterocycles. The van der Waals surface area contributed by atoms with E-state index in [1.807, 2.05) is 29.2 Å². The van der Waals surface area contributed by atoms with Crippen LogP contribution in [0.25, 0.3) is 10.6 Å². The van der Waals surface area contributed by atoms with Crippen molar-refractivity contribution in [2.75, 3.05) is 38.6 Å². The van der Waals surface area contributed by atoms with E-state index < -0.39 is 0 Å². The Bertz CT molecular complexity index is 1160. The maximum Gasteiger partial charge on any atom is 0.223 e. The van der Waals surface area contributed by atoms with Crippen molar-refractivity contribution in [2.45, 2.75) is 51.4 Å². The zero-order chi connectivity index (χ0) is 23.9. The zero-order valence-electron chi connectivity index (χ0n) is 20.3. The van der Waals surface area contributed by atoms with Gasteiger partial charge in [-0.15, -0.1) is 0 Å². The van der Waals surface area contributed by atoms with Gasteiger partial charge in [0.25, 0.3) is 0 Å². The summed E-state index contributed by atoms with van der Waals surface area (Å²) in [7, 11) is 1.69. The van der Waals surface area contributed by atoms with Gasteiger partial charge in [0.2, 0.25) is 5.95 Å². The fraction of sp³-hybridized carbons (Fsp3) is 0.520. The van der Waals surface area contributed by atoms with Crippen LogP contribution in [-0.4, -0.2) is 63.7 Å². The Hall–Kier alpha value is -2.66. The first-order chi connectivity index (χ1) is 17.3. The Labute approximate surface area is 210 Å². The quantitative estimate of drug-likeness (QED) is 0.496. The molecule has 2 fully saturated rings. The highest BCUT2D eigenvalue weighted by Crippen LogP contribution is 2.24. The maximum absolute atomic E-state index is 5.44. The first-order valence-corrected chi connectivity index (χ1v) is 13.3. The summed E-state index contributed by atoms with van der Waals surface area (Å²) in [5.74, 6) is 1.40. The smallest absolute Gasteiger partial charge is 0.223 e. The second kappa shape index (κ2) is 11.9. The van der Waals surface area contributed by atoms with Crippen LogP contribution in [0.2, 0.25) is 0 Å². The van der Waals surface area contributed by atoms with Crippen LogP contribution in [0, 0.1) is 0 Å². The molecule has 0 amide bonds. The van der Waals surface area contributed by atoms with Gasteiger partial charge in [0.05, 0.1) is 10.6 Å². The lowest BCUT2D eigenvalue weighted by Crippen LogP contribution is -2.42. The topological polar surface area (TPSA) is 92.5 Å². The Morgan fingerprint density at radius 2 is 1.97 bits per heavy atom. The van der Waals surface area contributed by atoms with E-state index in [-0.39, 0.29) is 0 Å². The van der Waals surface area contributed by atoms with Crippen molar-refractivity contribution in [1.82, 2.24) is 29.7 Å². The highest BCUT2D eigenvalue weighted by Gasteiger charge is 2.15. The summed E-state index contributed by atoms with van der Waals surface area (Å²) in [6.07, 6.45) is 12.0. The lowest BCUT2D eigenvalue weighted by Gasteiger charge is -2.27. The summed E-state index contributed by atoms with van der Waals surface area (Å²) >= 11 is 1.58. The molecule has 3 aromatic heterocycles. The van der Waals surface area contributed by atoms with Crippen LogP contribution in [0.3, 0.4) is 0 Å². The molecule has 10 heteroatoms. The number of ether oxygens (including phenoxy) is 1. The summed E-state index contributed by atoms with van der Waals surface area (Å²) in [5.41, 5.74) is 2.11. The van der Waals surface area contributed by atoms with Gasteiger partial charge in [-0.1, -0.05) is 30.6 Å². The Kier molecular flexibility index (Phi) is 8.14. The number of methoxy groups -OCH3 is 1. The molecule has 5 rings (SSSR count). The average molecular weight is 495 g/mol. The van der Waals surface area contributed by atoms with Crippen LogP contribution in [0.1, 0.15) is 37.7 Å². The van der Waals surface area contributed by atoms with E-state index in [1.165, 1.54) is 37.7 Å². The van der Waals surface area contributed by atoms with Crippen molar-refractivity contribution in [2.24, 2.45) is 4.99 Å². The standard InChI is InChI=1S/C25H34N8OS/c1-34-18-33-17-22(21-8-10-28-24(30-21)29-20-5-3-2-4-6-20)35-25(33)31-23-15-19(7-9-27-23)16-32-13-11-26-12-14-32/h7-10,15,17,20,26H,2-6,11-14,16,18H2,1H3,(H,28,29,30). The Morgan fingerprint density at radius 1 is 1.14 bits per heavy atom. The molecular formula is C25H34N8OS. The molecular weight excluding hydrogens is 460 g/mol. The second-order valence-corrected chi connectivity index (χ2v) is 10.2. The number of anilines is 1. The number of nitrogens with one attached hydrogen (secondary N) is 2. The molecule has 0 aromatic carbocycles. The molecule has 9 nitrogen and oxygen atoms in total. The van der Waals surface area contributed by atoms with Crippen molar-refractivity contribution >= 4 is 23.1 Å². The van der Waals surface area contributed by atoms with Crippen LogP contribution in [0.5, 0.6) is 0 Å². The van der Waals surface area contributed by atoms with E-state index in [2.05, 4.69) is 37.6 Å². The lowest BCUT2D eigenvalue weighted by molar-refractivity contribution is 0.129. The number of nitrogens with zero attached hydrogens (tertiary/aromatic N) is 6. The molecule has 0 atom stereocenters. The van der Waals surface area contributed by atoms with Gasteiger partial charge in [0.15, 0.2) is 10.6 Å². The van der Waals surface area contributed by atoms with Crippen LogP contribution in [0.4, 0.5) is 11.8 Å². The molecule has 2 N–H and O–H groups in total. The van der Waals surface area contributed by atoms with Crippen molar-refractivity contribution in [3.8, 4) is 10.6 Å². The molecule has 0 spiro atoms. The molecule has 1 saturated carbocycles. The predicted molar refractivity (Wildman–Crippen MR) is 138 cm³/mol. The number of piperazine rings is 1.